The number of phosphoric ester groups is 1. The van der Waals surface area contributed by atoms with Gasteiger partial charge < -0.3 is 19.8 Å². The van der Waals surface area contributed by atoms with Gasteiger partial charge in [0.1, 0.15) is 13.2 Å². The van der Waals surface area contributed by atoms with Crippen LogP contribution in [0.3, 0.4) is 0 Å². The molecule has 0 aliphatic rings. The number of phosphoric acid groups is 1. The quantitative estimate of drug-likeness (QED) is 0.0244. The number of aliphatic hydroxyl groups excluding tert-OH is 1. The van der Waals surface area contributed by atoms with E-state index in [4.69, 9.17) is 9.05 Å². The number of carbonyl (C=O) groups is 1. The van der Waals surface area contributed by atoms with E-state index < -0.39 is 20.0 Å². The van der Waals surface area contributed by atoms with Crippen LogP contribution in [0.1, 0.15) is 245 Å². The standard InChI is InChI=1S/C49H99N2O6P/c1-6-8-10-12-14-16-18-20-22-24-26-28-30-32-34-36-38-40-42-48(52)47(46-57-58(54,55)56-45-44-51(3,4)5)50-49(53)43-41-39-37-35-33-31-29-27-25-23-21-19-17-15-13-11-9-7-2/h40,42,47-48,52H,6-39,41,43-46H2,1-5H3,(H-,50,53,54,55)/p+1/b42-40+. The summed E-state index contributed by atoms with van der Waals surface area (Å²) in [6.07, 6.45) is 48.5. The summed E-state index contributed by atoms with van der Waals surface area (Å²) in [5, 5.41) is 13.9. The minimum atomic E-state index is -4.34. The van der Waals surface area contributed by atoms with E-state index in [1.807, 2.05) is 27.2 Å². The van der Waals surface area contributed by atoms with Crippen molar-refractivity contribution in [1.29, 1.82) is 0 Å². The Morgan fingerprint density at radius 3 is 1.28 bits per heavy atom. The number of unbranched alkanes of at least 4 members (excludes halogenated alkanes) is 33. The van der Waals surface area contributed by atoms with Crippen molar-refractivity contribution in [1.82, 2.24) is 5.32 Å². The SMILES string of the molecule is CCCCCCCCCCCCCCCCCC/C=C/C(O)C(COP(=O)(O)OCC[N+](C)(C)C)NC(=O)CCCCCCCCCCCCCCCCCCCC. The second kappa shape index (κ2) is 41.6. The van der Waals surface area contributed by atoms with E-state index in [1.54, 1.807) is 6.08 Å². The van der Waals surface area contributed by atoms with Crippen LogP contribution in [0.4, 0.5) is 0 Å². The maximum absolute atomic E-state index is 12.9. The summed E-state index contributed by atoms with van der Waals surface area (Å²) < 4.78 is 23.6. The number of rotatable bonds is 46. The van der Waals surface area contributed by atoms with Gasteiger partial charge in [-0.25, -0.2) is 4.57 Å². The number of likely N-dealkylation sites (N-methyl/N-ethyl adjacent to an activating group) is 1. The Bertz CT molecular complexity index is 958. The van der Waals surface area contributed by atoms with Crippen LogP contribution in [0.2, 0.25) is 0 Å². The summed E-state index contributed by atoms with van der Waals surface area (Å²) in [6, 6.07) is -0.840. The minimum Gasteiger partial charge on any atom is -0.387 e. The number of amides is 1. The maximum atomic E-state index is 12.9. The van der Waals surface area contributed by atoms with E-state index in [0.29, 0.717) is 17.4 Å². The second-order valence-corrected chi connectivity index (χ2v) is 20.0. The molecular formula is C49H100N2O6P+. The molecule has 0 aliphatic carbocycles. The van der Waals surface area contributed by atoms with E-state index in [9.17, 15) is 19.4 Å². The first kappa shape index (κ1) is 57.2. The predicted molar refractivity (Wildman–Crippen MR) is 249 cm³/mol. The topological polar surface area (TPSA) is 105 Å². The number of hydrogen-bond acceptors (Lipinski definition) is 5. The zero-order valence-electron chi connectivity index (χ0n) is 39.3. The Morgan fingerprint density at radius 2 is 0.914 bits per heavy atom. The number of quaternary nitrogens is 1. The van der Waals surface area contributed by atoms with Gasteiger partial charge in [-0.2, -0.15) is 0 Å². The van der Waals surface area contributed by atoms with E-state index in [-0.39, 0.29) is 19.1 Å². The maximum Gasteiger partial charge on any atom is 0.472 e. The Hall–Kier alpha value is -0.760. The molecule has 9 heteroatoms. The molecule has 58 heavy (non-hydrogen) atoms. The molecule has 8 nitrogen and oxygen atoms in total. The first-order valence-electron chi connectivity index (χ1n) is 25.1. The summed E-state index contributed by atoms with van der Waals surface area (Å²) in [5.74, 6) is -0.172. The number of carbonyl (C=O) groups excluding carboxylic acids is 1. The summed E-state index contributed by atoms with van der Waals surface area (Å²) in [7, 11) is 1.59. The Balaban J connectivity index is 4.31. The summed E-state index contributed by atoms with van der Waals surface area (Å²) in [6.45, 7) is 4.85. The van der Waals surface area contributed by atoms with Crippen LogP contribution in [0.5, 0.6) is 0 Å². The molecule has 3 atom stereocenters. The van der Waals surface area contributed by atoms with Crippen LogP contribution in [0, 0.1) is 0 Å². The van der Waals surface area contributed by atoms with Crippen molar-refractivity contribution in [3.8, 4) is 0 Å². The summed E-state index contributed by atoms with van der Waals surface area (Å²) >= 11 is 0. The molecule has 346 valence electrons. The third-order valence-electron chi connectivity index (χ3n) is 11.5. The normalized spacial score (nSPS) is 14.3. The monoisotopic (exact) mass is 844 g/mol. The van der Waals surface area contributed by atoms with E-state index in [0.717, 1.165) is 32.1 Å². The van der Waals surface area contributed by atoms with Crippen LogP contribution in [-0.2, 0) is 18.4 Å². The zero-order valence-corrected chi connectivity index (χ0v) is 40.2. The highest BCUT2D eigenvalue weighted by Crippen LogP contribution is 2.43. The smallest absolute Gasteiger partial charge is 0.387 e. The Morgan fingerprint density at radius 1 is 0.569 bits per heavy atom. The average molecular weight is 844 g/mol. The van der Waals surface area contributed by atoms with Gasteiger partial charge in [0, 0.05) is 6.42 Å². The number of nitrogens with one attached hydrogen (secondary N) is 1. The lowest BCUT2D eigenvalue weighted by molar-refractivity contribution is -0.870. The fourth-order valence-electron chi connectivity index (χ4n) is 7.51. The van der Waals surface area contributed by atoms with E-state index in [2.05, 4.69) is 19.2 Å². The molecule has 0 rings (SSSR count). The van der Waals surface area contributed by atoms with Crippen LogP contribution < -0.4 is 5.32 Å². The van der Waals surface area contributed by atoms with Gasteiger partial charge in [-0.05, 0) is 19.3 Å². The fourth-order valence-corrected chi connectivity index (χ4v) is 8.25. The van der Waals surface area contributed by atoms with Crippen molar-refractivity contribution in [2.45, 2.75) is 257 Å². The molecule has 0 fully saturated rings. The van der Waals surface area contributed by atoms with Crippen molar-refractivity contribution in [2.24, 2.45) is 0 Å². The van der Waals surface area contributed by atoms with Gasteiger partial charge in [0.25, 0.3) is 0 Å². The predicted octanol–water partition coefficient (Wildman–Crippen LogP) is 14.3. The van der Waals surface area contributed by atoms with Gasteiger partial charge in [0.2, 0.25) is 5.91 Å². The van der Waals surface area contributed by atoms with Gasteiger partial charge in [-0.3, -0.25) is 13.8 Å². The first-order valence-corrected chi connectivity index (χ1v) is 26.6. The molecule has 0 bridgehead atoms. The van der Waals surface area contributed by atoms with E-state index in [1.165, 1.54) is 193 Å². The highest BCUT2D eigenvalue weighted by Gasteiger charge is 2.27. The van der Waals surface area contributed by atoms with Gasteiger partial charge in [-0.15, -0.1) is 0 Å². The number of hydrogen-bond donors (Lipinski definition) is 3. The third-order valence-corrected chi connectivity index (χ3v) is 12.5. The highest BCUT2D eigenvalue weighted by atomic mass is 31.2. The minimum absolute atomic E-state index is 0.0649. The average Bonchev–Trinajstić information content (AvgIpc) is 3.17. The molecule has 0 heterocycles. The second-order valence-electron chi connectivity index (χ2n) is 18.6. The van der Waals surface area contributed by atoms with Gasteiger partial charge >= 0.3 is 7.82 Å². The van der Waals surface area contributed by atoms with Gasteiger partial charge in [0.05, 0.1) is 39.9 Å². The third kappa shape index (κ3) is 43.3. The molecule has 0 aromatic carbocycles. The largest absolute Gasteiger partial charge is 0.472 e. The molecule has 0 radical (unpaired) electrons. The fraction of sp³-hybridized carbons (Fsp3) is 0.939. The molecule has 0 saturated heterocycles. The van der Waals surface area contributed by atoms with Crippen molar-refractivity contribution < 1.29 is 32.9 Å². The lowest BCUT2D eigenvalue weighted by atomic mass is 10.0. The lowest BCUT2D eigenvalue weighted by Gasteiger charge is -2.25. The molecule has 0 aromatic heterocycles. The number of aliphatic hydroxyl groups is 1. The summed E-state index contributed by atoms with van der Waals surface area (Å²) in [4.78, 5) is 23.2. The van der Waals surface area contributed by atoms with Gasteiger partial charge in [-0.1, -0.05) is 231 Å². The molecular weight excluding hydrogens is 744 g/mol. The molecule has 0 spiro atoms. The molecule has 3 N–H and O–H groups in total. The van der Waals surface area contributed by atoms with Crippen LogP contribution in [0.15, 0.2) is 12.2 Å². The van der Waals surface area contributed by atoms with Crippen LogP contribution >= 0.6 is 7.82 Å². The Labute approximate surface area is 361 Å². The van der Waals surface area contributed by atoms with Crippen molar-refractivity contribution in [3.63, 3.8) is 0 Å². The summed E-state index contributed by atoms with van der Waals surface area (Å²) in [5.41, 5.74) is 0. The van der Waals surface area contributed by atoms with Crippen LogP contribution in [-0.4, -0.2) is 73.4 Å². The van der Waals surface area contributed by atoms with E-state index >= 15 is 0 Å². The van der Waals surface area contributed by atoms with Crippen molar-refractivity contribution >= 4 is 13.7 Å². The number of allylic oxidation sites excluding steroid dienone is 1. The molecule has 3 unspecified atom stereocenters. The first-order chi connectivity index (χ1) is 28.0. The van der Waals surface area contributed by atoms with Gasteiger partial charge in [0.15, 0.2) is 0 Å². The van der Waals surface area contributed by atoms with Crippen molar-refractivity contribution in [2.75, 3.05) is 40.9 Å². The molecule has 0 aromatic rings. The van der Waals surface area contributed by atoms with Crippen LogP contribution in [0.25, 0.3) is 0 Å². The van der Waals surface area contributed by atoms with Crippen molar-refractivity contribution in [3.05, 3.63) is 12.2 Å². The lowest BCUT2D eigenvalue weighted by Crippen LogP contribution is -2.45. The molecule has 0 aliphatic heterocycles. The highest BCUT2D eigenvalue weighted by molar-refractivity contribution is 7.47. The Kier molecular flexibility index (Phi) is 41.0. The molecule has 0 saturated carbocycles. The number of nitrogens with zero attached hydrogens (tertiary/aromatic N) is 1. The zero-order chi connectivity index (χ0) is 42.8. The molecule has 1 amide bonds.